The van der Waals surface area contributed by atoms with Gasteiger partial charge >= 0.3 is 0 Å². The van der Waals surface area contributed by atoms with E-state index in [1.54, 1.807) is 24.3 Å². The van der Waals surface area contributed by atoms with E-state index >= 15 is 0 Å². The molecule has 0 saturated heterocycles. The molecule has 0 atom stereocenters. The van der Waals surface area contributed by atoms with Crippen molar-refractivity contribution in [2.75, 3.05) is 7.11 Å². The third-order valence-electron chi connectivity index (χ3n) is 3.00. The molecule has 6 nitrogen and oxygen atoms in total. The predicted octanol–water partition coefficient (Wildman–Crippen LogP) is 2.78. The number of halogens is 1. The van der Waals surface area contributed by atoms with Gasteiger partial charge in [-0.05, 0) is 31.2 Å². The van der Waals surface area contributed by atoms with Crippen LogP contribution in [-0.4, -0.2) is 26.8 Å². The van der Waals surface area contributed by atoms with Gasteiger partial charge in [0.15, 0.2) is 11.5 Å². The Morgan fingerprint density at radius 3 is 2.52 bits per heavy atom. The Hall–Kier alpha value is -2.06. The lowest BCUT2D eigenvalue weighted by Crippen LogP contribution is -2.18. The van der Waals surface area contributed by atoms with E-state index in [1.807, 2.05) is 6.92 Å². The first kappa shape index (κ1) is 17.3. The summed E-state index contributed by atoms with van der Waals surface area (Å²) in [5.74, 6) is 0.121. The fourth-order valence-corrected chi connectivity index (χ4v) is 3.03. The zero-order chi connectivity index (χ0) is 17.0. The molecule has 0 aromatic heterocycles. The third-order valence-corrected chi connectivity index (χ3v) is 4.69. The molecule has 0 fully saturated rings. The van der Waals surface area contributed by atoms with Gasteiger partial charge in [0.25, 0.3) is 10.0 Å². The summed E-state index contributed by atoms with van der Waals surface area (Å²) in [5.41, 5.74) is 1.27. The third kappa shape index (κ3) is 4.23. The second kappa shape index (κ2) is 7.01. The van der Waals surface area contributed by atoms with E-state index in [2.05, 4.69) is 25.9 Å². The molecule has 0 radical (unpaired) electrons. The second-order valence-corrected chi connectivity index (χ2v) is 7.29. The molecule has 0 aliphatic carbocycles. The van der Waals surface area contributed by atoms with Crippen LogP contribution in [0.3, 0.4) is 0 Å². The van der Waals surface area contributed by atoms with Gasteiger partial charge in [-0.15, -0.1) is 0 Å². The maximum absolute atomic E-state index is 12.1. The largest absolute Gasteiger partial charge is 0.504 e. The zero-order valence-electron chi connectivity index (χ0n) is 12.4. The van der Waals surface area contributed by atoms with Crippen molar-refractivity contribution >= 4 is 32.2 Å². The quantitative estimate of drug-likeness (QED) is 0.598. The van der Waals surface area contributed by atoms with E-state index in [0.717, 1.165) is 5.56 Å². The van der Waals surface area contributed by atoms with Gasteiger partial charge in [-0.3, -0.25) is 0 Å². The molecule has 0 aliphatic heterocycles. The average Bonchev–Trinajstić information content (AvgIpc) is 2.50. The van der Waals surface area contributed by atoms with Gasteiger partial charge in [0.1, 0.15) is 0 Å². The number of nitrogens with zero attached hydrogens (tertiary/aromatic N) is 1. The Morgan fingerprint density at radius 1 is 1.26 bits per heavy atom. The molecule has 0 saturated carbocycles. The van der Waals surface area contributed by atoms with Crippen LogP contribution in [-0.2, 0) is 10.0 Å². The van der Waals surface area contributed by atoms with Crippen LogP contribution >= 0.6 is 15.9 Å². The number of aryl methyl sites for hydroxylation is 1. The molecule has 8 heteroatoms. The van der Waals surface area contributed by atoms with Gasteiger partial charge in [-0.25, -0.2) is 4.83 Å². The van der Waals surface area contributed by atoms with Gasteiger partial charge in [0, 0.05) is 10.0 Å². The summed E-state index contributed by atoms with van der Waals surface area (Å²) >= 11 is 3.27. The molecule has 122 valence electrons. The number of phenols is 1. The molecule has 23 heavy (non-hydrogen) atoms. The second-order valence-electron chi connectivity index (χ2n) is 4.71. The highest BCUT2D eigenvalue weighted by Gasteiger charge is 2.12. The van der Waals surface area contributed by atoms with Crippen LogP contribution in [0.15, 0.2) is 50.9 Å². The minimum atomic E-state index is -3.76. The normalized spacial score (nSPS) is 11.6. The van der Waals surface area contributed by atoms with Crippen LogP contribution in [0.2, 0.25) is 0 Å². The number of benzene rings is 2. The Bertz CT molecular complexity index is 833. The molecular weight excluding hydrogens is 384 g/mol. The highest BCUT2D eigenvalue weighted by molar-refractivity contribution is 9.10. The number of hydrogen-bond donors (Lipinski definition) is 2. The van der Waals surface area contributed by atoms with E-state index in [9.17, 15) is 13.5 Å². The van der Waals surface area contributed by atoms with Crippen molar-refractivity contribution in [3.8, 4) is 11.5 Å². The number of nitrogens with one attached hydrogen (secondary N) is 1. The maximum atomic E-state index is 12.1. The lowest BCUT2D eigenvalue weighted by atomic mass is 10.2. The first-order valence-corrected chi connectivity index (χ1v) is 8.79. The molecule has 0 heterocycles. The van der Waals surface area contributed by atoms with Crippen molar-refractivity contribution in [1.29, 1.82) is 0 Å². The summed E-state index contributed by atoms with van der Waals surface area (Å²) < 4.78 is 29.9. The molecule has 2 aromatic rings. The van der Waals surface area contributed by atoms with Crippen molar-refractivity contribution in [3.05, 3.63) is 52.0 Å². The summed E-state index contributed by atoms with van der Waals surface area (Å²) in [6, 6.07) is 9.55. The Labute approximate surface area is 143 Å². The van der Waals surface area contributed by atoms with Gasteiger partial charge in [-0.2, -0.15) is 13.5 Å². The molecule has 0 bridgehead atoms. The summed E-state index contributed by atoms with van der Waals surface area (Å²) in [4.78, 5) is 2.21. The molecule has 0 aliphatic rings. The van der Waals surface area contributed by atoms with Gasteiger partial charge < -0.3 is 9.84 Å². The number of hydrazone groups is 1. The number of hydrogen-bond acceptors (Lipinski definition) is 5. The van der Waals surface area contributed by atoms with Crippen molar-refractivity contribution in [1.82, 2.24) is 4.83 Å². The fraction of sp³-hybridized carbons (Fsp3) is 0.133. The molecule has 2 N–H and O–H groups in total. The van der Waals surface area contributed by atoms with Gasteiger partial charge in [-0.1, -0.05) is 33.6 Å². The lowest BCUT2D eigenvalue weighted by Gasteiger charge is -2.07. The number of phenolic OH excluding ortho intramolecular Hbond substituents is 1. The van der Waals surface area contributed by atoms with Crippen LogP contribution in [0.25, 0.3) is 0 Å². The SMILES string of the molecule is COc1cc(Br)cc(/C=N\NS(=O)(=O)c2ccc(C)cc2)c1O. The van der Waals surface area contributed by atoms with E-state index in [0.29, 0.717) is 10.0 Å². The Kier molecular flexibility index (Phi) is 5.27. The standard InChI is InChI=1S/C15H15BrN2O4S/c1-10-3-5-13(6-4-10)23(20,21)18-17-9-11-7-12(16)8-14(22-2)15(11)19/h3-9,18-19H,1-2H3/b17-9-. The monoisotopic (exact) mass is 398 g/mol. The average molecular weight is 399 g/mol. The number of ether oxygens (including phenoxy) is 1. The smallest absolute Gasteiger partial charge is 0.276 e. The maximum Gasteiger partial charge on any atom is 0.276 e. The molecular formula is C15H15BrN2O4S. The molecule has 2 rings (SSSR count). The van der Waals surface area contributed by atoms with E-state index in [4.69, 9.17) is 4.74 Å². The van der Waals surface area contributed by atoms with Crippen molar-refractivity contribution in [3.63, 3.8) is 0 Å². The van der Waals surface area contributed by atoms with Crippen LogP contribution in [0.5, 0.6) is 11.5 Å². The van der Waals surface area contributed by atoms with Crippen LogP contribution in [0.4, 0.5) is 0 Å². The van der Waals surface area contributed by atoms with Crippen LogP contribution < -0.4 is 9.57 Å². The summed E-state index contributed by atoms with van der Waals surface area (Å²) in [7, 11) is -2.34. The lowest BCUT2D eigenvalue weighted by molar-refractivity contribution is 0.373. The van der Waals surface area contributed by atoms with E-state index < -0.39 is 10.0 Å². The number of methoxy groups -OCH3 is 1. The van der Waals surface area contributed by atoms with Gasteiger partial charge in [0.05, 0.1) is 18.2 Å². The number of sulfonamides is 1. The minimum absolute atomic E-state index is 0.108. The fourth-order valence-electron chi connectivity index (χ4n) is 1.78. The van der Waals surface area contributed by atoms with E-state index in [-0.39, 0.29) is 16.4 Å². The molecule has 0 spiro atoms. The molecule has 2 aromatic carbocycles. The van der Waals surface area contributed by atoms with E-state index in [1.165, 1.54) is 25.5 Å². The first-order chi connectivity index (χ1) is 10.8. The van der Waals surface area contributed by atoms with Crippen molar-refractivity contribution < 1.29 is 18.3 Å². The highest BCUT2D eigenvalue weighted by Crippen LogP contribution is 2.32. The number of aromatic hydroxyl groups is 1. The first-order valence-electron chi connectivity index (χ1n) is 6.51. The highest BCUT2D eigenvalue weighted by atomic mass is 79.9. The van der Waals surface area contributed by atoms with Crippen molar-refractivity contribution in [2.24, 2.45) is 5.10 Å². The summed E-state index contributed by atoms with van der Waals surface area (Å²) in [5, 5.41) is 13.7. The van der Waals surface area contributed by atoms with Gasteiger partial charge in [0.2, 0.25) is 0 Å². The summed E-state index contributed by atoms with van der Waals surface area (Å²) in [6.45, 7) is 1.87. The predicted molar refractivity (Wildman–Crippen MR) is 91.5 cm³/mol. The van der Waals surface area contributed by atoms with Crippen LogP contribution in [0, 0.1) is 6.92 Å². The topological polar surface area (TPSA) is 88.0 Å². The minimum Gasteiger partial charge on any atom is -0.504 e. The number of rotatable bonds is 5. The van der Waals surface area contributed by atoms with Crippen LogP contribution in [0.1, 0.15) is 11.1 Å². The zero-order valence-corrected chi connectivity index (χ0v) is 14.8. The molecule has 0 unspecified atom stereocenters. The Morgan fingerprint density at radius 2 is 1.91 bits per heavy atom. The van der Waals surface area contributed by atoms with Crippen molar-refractivity contribution in [2.45, 2.75) is 11.8 Å². The Balaban J connectivity index is 2.22. The molecule has 0 amide bonds. The summed E-state index contributed by atoms with van der Waals surface area (Å²) in [6.07, 6.45) is 1.20.